The van der Waals surface area contributed by atoms with Gasteiger partial charge in [-0.2, -0.15) is 0 Å². The number of ether oxygens (including phenoxy) is 1. The van der Waals surface area contributed by atoms with Gasteiger partial charge in [0, 0.05) is 23.2 Å². The molecule has 0 radical (unpaired) electrons. The molecule has 1 N–H and O–H groups in total. The largest absolute Gasteiger partial charge is 0.430 e. The van der Waals surface area contributed by atoms with E-state index in [2.05, 4.69) is 5.32 Å². The molecule has 3 aromatic rings. The number of cyclic esters (lactones) is 1. The van der Waals surface area contributed by atoms with Gasteiger partial charge in [-0.15, -0.1) is 0 Å². The smallest absolute Gasteiger partial charge is 0.412 e. The first-order valence-corrected chi connectivity index (χ1v) is 10.4. The monoisotopic (exact) mass is 454 g/mol. The van der Waals surface area contributed by atoms with Crippen molar-refractivity contribution in [1.82, 2.24) is 10.2 Å². The lowest BCUT2D eigenvalue weighted by Crippen LogP contribution is -2.42. The van der Waals surface area contributed by atoms with Gasteiger partial charge in [0.25, 0.3) is 0 Å². The van der Waals surface area contributed by atoms with Gasteiger partial charge in [0.2, 0.25) is 5.91 Å². The zero-order valence-electron chi connectivity index (χ0n) is 17.7. The summed E-state index contributed by atoms with van der Waals surface area (Å²) in [5, 5.41) is 2.62. The number of carbonyl (C=O) groups is 2. The average Bonchev–Trinajstić information content (AvgIpc) is 3.08. The lowest BCUT2D eigenvalue weighted by molar-refractivity contribution is -0.121. The highest BCUT2D eigenvalue weighted by Crippen LogP contribution is 2.52. The third kappa shape index (κ3) is 4.04. The molecule has 0 unspecified atom stereocenters. The van der Waals surface area contributed by atoms with Gasteiger partial charge in [-0.3, -0.25) is 9.69 Å². The maximum Gasteiger partial charge on any atom is 0.412 e. The van der Waals surface area contributed by atoms with Gasteiger partial charge in [0.1, 0.15) is 30.0 Å². The molecule has 1 heterocycles. The predicted molar refractivity (Wildman–Crippen MR) is 115 cm³/mol. The minimum atomic E-state index is -1.67. The Kier molecular flexibility index (Phi) is 6.09. The molecule has 4 rings (SSSR count). The third-order valence-electron chi connectivity index (χ3n) is 5.61. The quantitative estimate of drug-likeness (QED) is 0.589. The second-order valence-corrected chi connectivity index (χ2v) is 7.62. The lowest BCUT2D eigenvalue weighted by atomic mass is 9.77. The number of hydrogen-bond donors (Lipinski definition) is 1. The fourth-order valence-electron chi connectivity index (χ4n) is 4.22. The first kappa shape index (κ1) is 22.4. The van der Waals surface area contributed by atoms with Crippen molar-refractivity contribution in [3.05, 3.63) is 107 Å². The van der Waals surface area contributed by atoms with Crippen molar-refractivity contribution in [2.75, 3.05) is 13.1 Å². The Hall–Kier alpha value is -3.81. The Balaban J connectivity index is 1.99. The van der Waals surface area contributed by atoms with E-state index in [1.54, 1.807) is 13.0 Å². The summed E-state index contributed by atoms with van der Waals surface area (Å²) in [5.41, 5.74) is -0.889. The molecular weight excluding hydrogens is 433 g/mol. The molecule has 0 aliphatic carbocycles. The van der Waals surface area contributed by atoms with Gasteiger partial charge < -0.3 is 10.1 Å². The van der Waals surface area contributed by atoms with Crippen LogP contribution in [-0.4, -0.2) is 30.0 Å². The number of nitrogens with one attached hydrogen (secondary N) is 1. The van der Waals surface area contributed by atoms with E-state index >= 15 is 4.39 Å². The molecule has 0 aromatic heterocycles. The van der Waals surface area contributed by atoms with E-state index < -0.39 is 47.6 Å². The molecule has 2 amide bonds. The Morgan fingerprint density at radius 3 is 2.00 bits per heavy atom. The molecule has 3 aromatic carbocycles. The summed E-state index contributed by atoms with van der Waals surface area (Å²) in [5.74, 6) is -2.10. The molecule has 0 bridgehead atoms. The number of hydrogen-bond acceptors (Lipinski definition) is 3. The average molecular weight is 454 g/mol. The number of halogens is 3. The SMILES string of the molecule is CCNC(=O)CN1C(=O)OC(c2ccc(F)cc2)(c2ccc(F)cc2)[C@@H]1c1ccccc1F. The van der Waals surface area contributed by atoms with Gasteiger partial charge in [0.05, 0.1) is 0 Å². The summed E-state index contributed by atoms with van der Waals surface area (Å²) in [6.45, 7) is 1.68. The maximum absolute atomic E-state index is 15.1. The van der Waals surface area contributed by atoms with Crippen molar-refractivity contribution in [2.24, 2.45) is 0 Å². The van der Waals surface area contributed by atoms with Crippen LogP contribution in [0.15, 0.2) is 72.8 Å². The molecule has 8 heteroatoms. The number of amides is 2. The third-order valence-corrected chi connectivity index (χ3v) is 5.61. The minimum Gasteiger partial charge on any atom is -0.430 e. The number of likely N-dealkylation sites (N-methyl/N-ethyl adjacent to an activating group) is 1. The van der Waals surface area contributed by atoms with Crippen molar-refractivity contribution in [3.63, 3.8) is 0 Å². The van der Waals surface area contributed by atoms with Crippen molar-refractivity contribution < 1.29 is 27.5 Å². The fourth-order valence-corrected chi connectivity index (χ4v) is 4.22. The highest BCUT2D eigenvalue weighted by atomic mass is 19.1. The van der Waals surface area contributed by atoms with Crippen molar-refractivity contribution in [2.45, 2.75) is 18.6 Å². The minimum absolute atomic E-state index is 0.0984. The molecule has 1 saturated heterocycles. The summed E-state index contributed by atoms with van der Waals surface area (Å²) >= 11 is 0. The molecule has 5 nitrogen and oxygen atoms in total. The van der Waals surface area contributed by atoms with E-state index in [1.165, 1.54) is 66.7 Å². The van der Waals surface area contributed by atoms with Crippen LogP contribution in [0.4, 0.5) is 18.0 Å². The zero-order chi connectivity index (χ0) is 23.6. The van der Waals surface area contributed by atoms with E-state index in [0.29, 0.717) is 17.7 Å². The topological polar surface area (TPSA) is 58.6 Å². The Labute approximate surface area is 188 Å². The highest BCUT2D eigenvalue weighted by Gasteiger charge is 2.58. The standard InChI is InChI=1S/C25H21F3N2O3/c1-2-29-22(31)15-30-23(20-5-3-4-6-21(20)28)25(33-24(30)32,16-7-11-18(26)12-8-16)17-9-13-19(27)14-10-17/h3-14,23H,2,15H2,1H3,(H,29,31)/t23-/m0/s1. The van der Waals surface area contributed by atoms with Crippen LogP contribution in [0.1, 0.15) is 29.7 Å². The van der Waals surface area contributed by atoms with Crippen molar-refractivity contribution in [1.29, 1.82) is 0 Å². The van der Waals surface area contributed by atoms with E-state index in [0.717, 1.165) is 4.90 Å². The Bertz CT molecular complexity index is 1120. The fraction of sp³-hybridized carbons (Fsp3) is 0.200. The van der Waals surface area contributed by atoms with E-state index in [4.69, 9.17) is 4.74 Å². The molecular formula is C25H21F3N2O3. The van der Waals surface area contributed by atoms with Crippen LogP contribution in [-0.2, 0) is 15.1 Å². The van der Waals surface area contributed by atoms with Crippen LogP contribution in [0.25, 0.3) is 0 Å². The maximum atomic E-state index is 15.1. The van der Waals surface area contributed by atoms with Gasteiger partial charge in [-0.1, -0.05) is 42.5 Å². The Morgan fingerprint density at radius 1 is 0.939 bits per heavy atom. The number of rotatable bonds is 6. The first-order chi connectivity index (χ1) is 15.9. The molecule has 1 aliphatic heterocycles. The van der Waals surface area contributed by atoms with Gasteiger partial charge in [-0.25, -0.2) is 18.0 Å². The highest BCUT2D eigenvalue weighted by molar-refractivity contribution is 5.84. The molecule has 0 spiro atoms. The van der Waals surface area contributed by atoms with Crippen LogP contribution in [0, 0.1) is 17.5 Å². The van der Waals surface area contributed by atoms with E-state index in [-0.39, 0.29) is 5.56 Å². The van der Waals surface area contributed by atoms with Crippen molar-refractivity contribution in [3.8, 4) is 0 Å². The van der Waals surface area contributed by atoms with Crippen LogP contribution >= 0.6 is 0 Å². The summed E-state index contributed by atoms with van der Waals surface area (Å²) in [4.78, 5) is 26.7. The van der Waals surface area contributed by atoms with Gasteiger partial charge >= 0.3 is 6.09 Å². The van der Waals surface area contributed by atoms with Crippen molar-refractivity contribution >= 4 is 12.0 Å². The summed E-state index contributed by atoms with van der Waals surface area (Å²) in [6, 6.07) is 15.2. The van der Waals surface area contributed by atoms with Crippen LogP contribution < -0.4 is 5.32 Å². The second-order valence-electron chi connectivity index (χ2n) is 7.62. The lowest BCUT2D eigenvalue weighted by Gasteiger charge is -2.36. The molecule has 33 heavy (non-hydrogen) atoms. The van der Waals surface area contributed by atoms with Crippen LogP contribution in [0.2, 0.25) is 0 Å². The summed E-state index contributed by atoms with van der Waals surface area (Å²) in [7, 11) is 0. The van der Waals surface area contributed by atoms with E-state index in [9.17, 15) is 18.4 Å². The molecule has 0 saturated carbocycles. The molecule has 1 atom stereocenters. The molecule has 1 aliphatic rings. The molecule has 1 fully saturated rings. The normalized spacial score (nSPS) is 17.0. The summed E-state index contributed by atoms with van der Waals surface area (Å²) < 4.78 is 48.6. The van der Waals surface area contributed by atoms with E-state index in [1.807, 2.05) is 0 Å². The second kappa shape index (κ2) is 8.97. The summed E-state index contributed by atoms with van der Waals surface area (Å²) in [6.07, 6.45) is -0.858. The number of benzene rings is 3. The number of nitrogens with zero attached hydrogens (tertiary/aromatic N) is 1. The van der Waals surface area contributed by atoms with Crippen LogP contribution in [0.5, 0.6) is 0 Å². The zero-order valence-corrected chi connectivity index (χ0v) is 17.7. The van der Waals surface area contributed by atoms with Gasteiger partial charge in [0.15, 0.2) is 5.60 Å². The molecule has 170 valence electrons. The number of carbonyl (C=O) groups excluding carboxylic acids is 2. The first-order valence-electron chi connectivity index (χ1n) is 10.4. The predicted octanol–water partition coefficient (Wildman–Crippen LogP) is 4.68. The van der Waals surface area contributed by atoms with Gasteiger partial charge in [-0.05, 0) is 37.3 Å². The Morgan fingerprint density at radius 2 is 1.48 bits per heavy atom. The van der Waals surface area contributed by atoms with Crippen LogP contribution in [0.3, 0.4) is 0 Å².